The SMILES string of the molecule is N#CC1=C(c2ccccc2)O[C@](O)(C(Cl)(Cl)Cl)C[C@@H]1c1ccc(Br)cc1. The van der Waals surface area contributed by atoms with Crippen molar-refractivity contribution in [3.63, 3.8) is 0 Å². The van der Waals surface area contributed by atoms with E-state index in [-0.39, 0.29) is 12.2 Å². The number of ether oxygens (including phenoxy) is 1. The van der Waals surface area contributed by atoms with Crippen molar-refractivity contribution in [2.24, 2.45) is 0 Å². The van der Waals surface area contributed by atoms with Crippen molar-refractivity contribution >= 4 is 56.5 Å². The number of benzene rings is 2. The molecule has 0 aliphatic carbocycles. The van der Waals surface area contributed by atoms with E-state index in [9.17, 15) is 10.4 Å². The van der Waals surface area contributed by atoms with Crippen LogP contribution < -0.4 is 0 Å². The Balaban J connectivity index is 2.20. The summed E-state index contributed by atoms with van der Waals surface area (Å²) in [5.41, 5.74) is 1.81. The predicted octanol–water partition coefficient (Wildman–Crippen LogP) is 5.95. The number of hydrogen-bond acceptors (Lipinski definition) is 3. The van der Waals surface area contributed by atoms with Crippen LogP contribution in [0, 0.1) is 11.3 Å². The van der Waals surface area contributed by atoms with Crippen LogP contribution in [0.3, 0.4) is 0 Å². The van der Waals surface area contributed by atoms with Crippen LogP contribution in [-0.2, 0) is 4.74 Å². The number of alkyl halides is 3. The lowest BCUT2D eigenvalue weighted by atomic mass is 9.82. The molecule has 1 heterocycles. The smallest absolute Gasteiger partial charge is 0.256 e. The Morgan fingerprint density at radius 3 is 2.27 bits per heavy atom. The van der Waals surface area contributed by atoms with Gasteiger partial charge in [0.15, 0.2) is 0 Å². The summed E-state index contributed by atoms with van der Waals surface area (Å²) in [5, 5.41) is 20.8. The molecule has 1 N–H and O–H groups in total. The maximum absolute atomic E-state index is 11.0. The standard InChI is InChI=1S/C19H13BrCl3NO2/c20-14-8-6-12(7-9-14)15-10-18(25,19(21,22)23)26-17(16(15)11-24)13-4-2-1-3-5-13/h1-9,15,25H,10H2/t15-,18+/m1/s1. The zero-order valence-corrected chi connectivity index (χ0v) is 17.1. The minimum absolute atomic E-state index is 0.0651. The second kappa shape index (κ2) is 7.42. The molecule has 0 fully saturated rings. The minimum atomic E-state index is -2.10. The molecule has 1 aliphatic heterocycles. The molecule has 2 aromatic carbocycles. The van der Waals surface area contributed by atoms with Crippen molar-refractivity contribution in [2.75, 3.05) is 0 Å². The van der Waals surface area contributed by atoms with E-state index >= 15 is 0 Å². The number of rotatable bonds is 2. The van der Waals surface area contributed by atoms with Crippen LogP contribution in [0.25, 0.3) is 5.76 Å². The molecule has 0 radical (unpaired) electrons. The topological polar surface area (TPSA) is 53.2 Å². The molecule has 3 nitrogen and oxygen atoms in total. The first-order valence-corrected chi connectivity index (χ1v) is 9.61. The van der Waals surface area contributed by atoms with Gasteiger partial charge in [-0.25, -0.2) is 0 Å². The first-order valence-electron chi connectivity index (χ1n) is 7.68. The van der Waals surface area contributed by atoms with Gasteiger partial charge in [0.2, 0.25) is 0 Å². The fourth-order valence-electron chi connectivity index (χ4n) is 2.89. The number of halogens is 4. The molecule has 0 spiro atoms. The van der Waals surface area contributed by atoms with Gasteiger partial charge in [-0.05, 0) is 17.7 Å². The zero-order valence-electron chi connectivity index (χ0n) is 13.3. The average Bonchev–Trinajstić information content (AvgIpc) is 2.61. The molecule has 0 bridgehead atoms. The second-order valence-electron chi connectivity index (χ2n) is 5.91. The third-order valence-corrected chi connectivity index (χ3v) is 5.63. The number of nitriles is 1. The van der Waals surface area contributed by atoms with Gasteiger partial charge in [-0.2, -0.15) is 5.26 Å². The van der Waals surface area contributed by atoms with Crippen molar-refractivity contribution in [3.8, 4) is 6.07 Å². The third-order valence-electron chi connectivity index (χ3n) is 4.22. The van der Waals surface area contributed by atoms with Crippen molar-refractivity contribution in [2.45, 2.75) is 21.9 Å². The Morgan fingerprint density at radius 1 is 1.12 bits per heavy atom. The van der Waals surface area contributed by atoms with Crippen LogP contribution in [0.2, 0.25) is 0 Å². The number of hydrogen-bond donors (Lipinski definition) is 1. The molecule has 1 aliphatic rings. The molecule has 2 atom stereocenters. The second-order valence-corrected chi connectivity index (χ2v) is 9.11. The maximum Gasteiger partial charge on any atom is 0.256 e. The number of aliphatic hydroxyl groups is 1. The van der Waals surface area contributed by atoms with Gasteiger partial charge in [-0.1, -0.05) is 93.2 Å². The van der Waals surface area contributed by atoms with E-state index in [0.29, 0.717) is 11.1 Å². The van der Waals surface area contributed by atoms with E-state index < -0.39 is 15.5 Å². The van der Waals surface area contributed by atoms with Crippen molar-refractivity contribution < 1.29 is 9.84 Å². The summed E-state index contributed by atoms with van der Waals surface area (Å²) in [5.74, 6) is -2.36. The lowest BCUT2D eigenvalue weighted by Gasteiger charge is -2.42. The molecule has 7 heteroatoms. The highest BCUT2D eigenvalue weighted by Gasteiger charge is 2.55. The largest absolute Gasteiger partial charge is 0.456 e. The third kappa shape index (κ3) is 3.74. The molecule has 0 saturated heterocycles. The first kappa shape index (κ1) is 19.5. The van der Waals surface area contributed by atoms with E-state index in [1.165, 1.54) is 0 Å². The summed E-state index contributed by atoms with van der Waals surface area (Å²) in [6.07, 6.45) is -0.0651. The highest BCUT2D eigenvalue weighted by molar-refractivity contribution is 9.10. The van der Waals surface area contributed by atoms with Gasteiger partial charge in [0, 0.05) is 22.4 Å². The van der Waals surface area contributed by atoms with Crippen molar-refractivity contribution in [3.05, 3.63) is 75.8 Å². The Bertz CT molecular complexity index is 872. The van der Waals surface area contributed by atoms with Crippen molar-refractivity contribution in [1.82, 2.24) is 0 Å². The molecule has 134 valence electrons. The Morgan fingerprint density at radius 2 is 1.73 bits per heavy atom. The van der Waals surface area contributed by atoms with E-state index in [1.807, 2.05) is 30.3 Å². The molecular formula is C19H13BrCl3NO2. The van der Waals surface area contributed by atoms with E-state index in [0.717, 1.165) is 10.0 Å². The van der Waals surface area contributed by atoms with Crippen LogP contribution in [0.15, 0.2) is 64.6 Å². The van der Waals surface area contributed by atoms with Crippen LogP contribution in [-0.4, -0.2) is 14.7 Å². The lowest BCUT2D eigenvalue weighted by molar-refractivity contribution is -0.166. The molecule has 2 aromatic rings. The van der Waals surface area contributed by atoms with Gasteiger partial charge in [0.05, 0.1) is 11.6 Å². The quantitative estimate of drug-likeness (QED) is 0.549. The van der Waals surface area contributed by atoms with Gasteiger partial charge in [0.25, 0.3) is 9.58 Å². The van der Waals surface area contributed by atoms with E-state index in [1.54, 1.807) is 24.3 Å². The van der Waals surface area contributed by atoms with Gasteiger partial charge in [-0.15, -0.1) is 0 Å². The highest BCUT2D eigenvalue weighted by atomic mass is 79.9. The Labute approximate surface area is 174 Å². The fourth-order valence-corrected chi connectivity index (χ4v) is 3.50. The zero-order chi connectivity index (χ0) is 18.9. The first-order chi connectivity index (χ1) is 12.2. The molecule has 0 aromatic heterocycles. The van der Waals surface area contributed by atoms with Crippen LogP contribution in [0.1, 0.15) is 23.5 Å². The Kier molecular flexibility index (Phi) is 5.58. The summed E-state index contributed by atoms with van der Waals surface area (Å²) >= 11 is 21.4. The van der Waals surface area contributed by atoms with Gasteiger partial charge in [-0.3, -0.25) is 0 Å². The fraction of sp³-hybridized carbons (Fsp3) is 0.211. The van der Waals surface area contributed by atoms with Gasteiger partial charge < -0.3 is 9.84 Å². The number of allylic oxidation sites excluding steroid dienone is 1. The van der Waals surface area contributed by atoms with Crippen LogP contribution >= 0.6 is 50.7 Å². The summed E-state index contributed by atoms with van der Waals surface area (Å²) in [7, 11) is 0. The molecule has 26 heavy (non-hydrogen) atoms. The van der Waals surface area contributed by atoms with Gasteiger partial charge in [0.1, 0.15) is 5.76 Å². The summed E-state index contributed by atoms with van der Waals surface area (Å²) in [4.78, 5) is 0. The molecular weight excluding hydrogens is 460 g/mol. The van der Waals surface area contributed by atoms with E-state index in [4.69, 9.17) is 39.5 Å². The molecule has 3 rings (SSSR count). The molecule has 0 unspecified atom stereocenters. The molecule has 0 saturated carbocycles. The highest BCUT2D eigenvalue weighted by Crippen LogP contribution is 2.52. The minimum Gasteiger partial charge on any atom is -0.456 e. The maximum atomic E-state index is 11.0. The average molecular weight is 474 g/mol. The van der Waals surface area contributed by atoms with Gasteiger partial charge >= 0.3 is 0 Å². The Hall–Kier alpha value is -1.22. The monoisotopic (exact) mass is 471 g/mol. The van der Waals surface area contributed by atoms with Crippen LogP contribution in [0.4, 0.5) is 0 Å². The molecule has 0 amide bonds. The summed E-state index contributed by atoms with van der Waals surface area (Å²) in [6, 6.07) is 18.6. The van der Waals surface area contributed by atoms with Crippen LogP contribution in [0.5, 0.6) is 0 Å². The normalized spacial score (nSPS) is 23.3. The van der Waals surface area contributed by atoms with E-state index in [2.05, 4.69) is 22.0 Å². The summed E-state index contributed by atoms with van der Waals surface area (Å²) < 4.78 is 4.51. The lowest BCUT2D eigenvalue weighted by Crippen LogP contribution is -2.48. The van der Waals surface area contributed by atoms with Crippen molar-refractivity contribution in [1.29, 1.82) is 5.26 Å². The number of nitrogens with zero attached hydrogens (tertiary/aromatic N) is 1. The predicted molar refractivity (Wildman–Crippen MR) is 107 cm³/mol. The summed E-state index contributed by atoms with van der Waals surface area (Å²) in [6.45, 7) is 0.